The Morgan fingerprint density at radius 3 is 2.82 bits per heavy atom. The van der Waals surface area contributed by atoms with Gasteiger partial charge in [0.25, 0.3) is 0 Å². The molecule has 0 fully saturated rings. The third-order valence-corrected chi connectivity index (χ3v) is 3.12. The molecule has 0 aliphatic carbocycles. The Morgan fingerprint density at radius 1 is 1.47 bits per heavy atom. The van der Waals surface area contributed by atoms with Crippen LogP contribution in [0.4, 0.5) is 0 Å². The van der Waals surface area contributed by atoms with E-state index in [0.717, 1.165) is 35.4 Å². The van der Waals surface area contributed by atoms with Crippen molar-refractivity contribution in [2.24, 2.45) is 0 Å². The van der Waals surface area contributed by atoms with Crippen LogP contribution in [0.15, 0.2) is 22.7 Å². The fourth-order valence-corrected chi connectivity index (χ4v) is 2.08. The van der Waals surface area contributed by atoms with Gasteiger partial charge in [0.2, 0.25) is 0 Å². The van der Waals surface area contributed by atoms with Gasteiger partial charge in [-0.15, -0.1) is 0 Å². The number of nitriles is 1. The van der Waals surface area contributed by atoms with Crippen LogP contribution >= 0.6 is 15.9 Å². The standard InChI is InChI=1S/C13H17BrN2O/c1-3-16(8-4-7-15)10-11-9-12(14)5-6-13(11)17-2/h5-6,9H,3-4,8,10H2,1-2H3. The van der Waals surface area contributed by atoms with E-state index in [-0.39, 0.29) is 0 Å². The lowest BCUT2D eigenvalue weighted by Gasteiger charge is -2.20. The molecule has 0 heterocycles. The Labute approximate surface area is 111 Å². The average Bonchev–Trinajstić information content (AvgIpc) is 2.34. The first kappa shape index (κ1) is 14.0. The number of nitrogens with zero attached hydrogens (tertiary/aromatic N) is 2. The van der Waals surface area contributed by atoms with Crippen LogP contribution in [0.5, 0.6) is 5.75 Å². The zero-order chi connectivity index (χ0) is 12.7. The van der Waals surface area contributed by atoms with Crippen molar-refractivity contribution in [2.45, 2.75) is 19.9 Å². The molecule has 92 valence electrons. The molecule has 17 heavy (non-hydrogen) atoms. The number of halogens is 1. The van der Waals surface area contributed by atoms with Crippen LogP contribution in [-0.4, -0.2) is 25.1 Å². The van der Waals surface area contributed by atoms with Gasteiger partial charge in [0, 0.05) is 29.5 Å². The molecule has 0 atom stereocenters. The lowest BCUT2D eigenvalue weighted by atomic mass is 10.2. The first-order valence-corrected chi connectivity index (χ1v) is 6.42. The van der Waals surface area contributed by atoms with Gasteiger partial charge in [-0.25, -0.2) is 0 Å². The molecule has 0 aromatic heterocycles. The summed E-state index contributed by atoms with van der Waals surface area (Å²) in [7, 11) is 1.68. The van der Waals surface area contributed by atoms with Crippen LogP contribution in [0.1, 0.15) is 18.9 Å². The second-order valence-electron chi connectivity index (χ2n) is 3.73. The molecule has 0 aliphatic rings. The highest BCUT2D eigenvalue weighted by molar-refractivity contribution is 9.10. The maximum Gasteiger partial charge on any atom is 0.123 e. The van der Waals surface area contributed by atoms with Crippen molar-refractivity contribution < 1.29 is 4.74 Å². The van der Waals surface area contributed by atoms with Crippen LogP contribution in [0, 0.1) is 11.3 Å². The summed E-state index contributed by atoms with van der Waals surface area (Å²) in [6.07, 6.45) is 0.560. The highest BCUT2D eigenvalue weighted by Crippen LogP contribution is 2.24. The van der Waals surface area contributed by atoms with E-state index in [9.17, 15) is 0 Å². The number of benzene rings is 1. The SMILES string of the molecule is CCN(CCC#N)Cc1cc(Br)ccc1OC. The van der Waals surface area contributed by atoms with Crippen molar-refractivity contribution in [3.8, 4) is 11.8 Å². The molecule has 0 saturated heterocycles. The smallest absolute Gasteiger partial charge is 0.123 e. The Morgan fingerprint density at radius 2 is 2.24 bits per heavy atom. The molecule has 0 spiro atoms. The number of rotatable bonds is 6. The van der Waals surface area contributed by atoms with Crippen LogP contribution in [0.25, 0.3) is 0 Å². The molecule has 0 unspecified atom stereocenters. The summed E-state index contributed by atoms with van der Waals surface area (Å²) < 4.78 is 6.38. The molecule has 3 nitrogen and oxygen atoms in total. The van der Waals surface area contributed by atoms with Gasteiger partial charge in [-0.2, -0.15) is 5.26 Å². The minimum atomic E-state index is 0.560. The quantitative estimate of drug-likeness (QED) is 0.809. The Hall–Kier alpha value is -1.05. The van der Waals surface area contributed by atoms with Crippen molar-refractivity contribution in [3.63, 3.8) is 0 Å². The van der Waals surface area contributed by atoms with Crippen molar-refractivity contribution in [1.29, 1.82) is 5.26 Å². The van der Waals surface area contributed by atoms with Crippen molar-refractivity contribution in [1.82, 2.24) is 4.90 Å². The first-order chi connectivity index (χ1) is 8.21. The second-order valence-corrected chi connectivity index (χ2v) is 4.65. The maximum atomic E-state index is 8.61. The Balaban J connectivity index is 2.77. The topological polar surface area (TPSA) is 36.3 Å². The molecular weight excluding hydrogens is 280 g/mol. The fourth-order valence-electron chi connectivity index (χ4n) is 1.67. The molecule has 0 N–H and O–H groups in total. The third kappa shape index (κ3) is 4.37. The van der Waals surface area contributed by atoms with Gasteiger partial charge in [0.15, 0.2) is 0 Å². The predicted molar refractivity (Wildman–Crippen MR) is 71.9 cm³/mol. The maximum absolute atomic E-state index is 8.61. The normalized spacial score (nSPS) is 10.3. The summed E-state index contributed by atoms with van der Waals surface area (Å²) >= 11 is 3.46. The van der Waals surface area contributed by atoms with Crippen molar-refractivity contribution >= 4 is 15.9 Å². The van der Waals surface area contributed by atoms with E-state index in [2.05, 4.69) is 39.9 Å². The summed E-state index contributed by atoms with van der Waals surface area (Å²) in [5.41, 5.74) is 1.14. The van der Waals surface area contributed by atoms with Gasteiger partial charge < -0.3 is 4.74 Å². The summed E-state index contributed by atoms with van der Waals surface area (Å²) in [6, 6.07) is 8.16. The van der Waals surface area contributed by atoms with Gasteiger partial charge in [0.05, 0.1) is 13.2 Å². The van der Waals surface area contributed by atoms with E-state index in [0.29, 0.717) is 6.42 Å². The van der Waals surface area contributed by atoms with Crippen LogP contribution in [-0.2, 0) is 6.54 Å². The van der Waals surface area contributed by atoms with Crippen molar-refractivity contribution in [2.75, 3.05) is 20.2 Å². The lowest BCUT2D eigenvalue weighted by Crippen LogP contribution is -2.24. The molecule has 1 aromatic carbocycles. The minimum Gasteiger partial charge on any atom is -0.496 e. The largest absolute Gasteiger partial charge is 0.496 e. The first-order valence-electron chi connectivity index (χ1n) is 5.63. The van der Waals surface area contributed by atoms with Crippen LogP contribution < -0.4 is 4.74 Å². The Kier molecular flexibility index (Phi) is 6.03. The third-order valence-electron chi connectivity index (χ3n) is 2.62. The van der Waals surface area contributed by atoms with Gasteiger partial charge >= 0.3 is 0 Å². The molecule has 0 radical (unpaired) electrons. The molecular formula is C13H17BrN2O. The van der Waals surface area contributed by atoms with E-state index < -0.39 is 0 Å². The predicted octanol–water partition coefficient (Wildman–Crippen LogP) is 3.19. The van der Waals surface area contributed by atoms with E-state index in [1.807, 2.05) is 12.1 Å². The van der Waals surface area contributed by atoms with Crippen molar-refractivity contribution in [3.05, 3.63) is 28.2 Å². The zero-order valence-electron chi connectivity index (χ0n) is 10.2. The molecule has 1 aromatic rings. The van der Waals surface area contributed by atoms with Gasteiger partial charge in [-0.1, -0.05) is 22.9 Å². The monoisotopic (exact) mass is 296 g/mol. The summed E-state index contributed by atoms with van der Waals surface area (Å²) in [5, 5.41) is 8.61. The number of ether oxygens (including phenoxy) is 1. The Bertz CT molecular complexity index is 401. The van der Waals surface area contributed by atoms with E-state index in [1.54, 1.807) is 7.11 Å². The minimum absolute atomic E-state index is 0.560. The molecule has 0 saturated carbocycles. The highest BCUT2D eigenvalue weighted by Gasteiger charge is 2.08. The highest BCUT2D eigenvalue weighted by atomic mass is 79.9. The fraction of sp³-hybridized carbons (Fsp3) is 0.462. The van der Waals surface area contributed by atoms with E-state index in [4.69, 9.17) is 10.00 Å². The van der Waals surface area contributed by atoms with Gasteiger partial charge in [0.1, 0.15) is 5.75 Å². The molecule has 0 bridgehead atoms. The number of hydrogen-bond acceptors (Lipinski definition) is 3. The number of methoxy groups -OCH3 is 1. The summed E-state index contributed by atoms with van der Waals surface area (Å²) in [5.74, 6) is 0.892. The summed E-state index contributed by atoms with van der Waals surface area (Å²) in [6.45, 7) is 4.63. The number of hydrogen-bond donors (Lipinski definition) is 0. The molecule has 0 aliphatic heterocycles. The van der Waals surface area contributed by atoms with Gasteiger partial charge in [-0.3, -0.25) is 4.90 Å². The van der Waals surface area contributed by atoms with E-state index in [1.165, 1.54) is 0 Å². The van der Waals surface area contributed by atoms with Crippen LogP contribution in [0.3, 0.4) is 0 Å². The molecule has 4 heteroatoms. The van der Waals surface area contributed by atoms with E-state index >= 15 is 0 Å². The van der Waals surface area contributed by atoms with Crippen LogP contribution in [0.2, 0.25) is 0 Å². The van der Waals surface area contributed by atoms with Gasteiger partial charge in [-0.05, 0) is 24.7 Å². The summed E-state index contributed by atoms with van der Waals surface area (Å²) in [4.78, 5) is 2.23. The lowest BCUT2D eigenvalue weighted by molar-refractivity contribution is 0.281. The molecule has 1 rings (SSSR count). The molecule has 0 amide bonds. The average molecular weight is 297 g/mol. The zero-order valence-corrected chi connectivity index (χ0v) is 11.8. The second kappa shape index (κ2) is 7.31.